The number of piperazine rings is 1. The predicted molar refractivity (Wildman–Crippen MR) is 117 cm³/mol. The van der Waals surface area contributed by atoms with Gasteiger partial charge >= 0.3 is 6.18 Å². The average molecular weight is 474 g/mol. The molecule has 2 aliphatic rings. The third kappa shape index (κ3) is 4.58. The predicted octanol–water partition coefficient (Wildman–Crippen LogP) is 2.71. The van der Waals surface area contributed by atoms with E-state index in [0.29, 0.717) is 17.8 Å². The molecule has 1 atom stereocenters. The van der Waals surface area contributed by atoms with E-state index >= 15 is 0 Å². The third-order valence-corrected chi connectivity index (χ3v) is 6.29. The first-order valence-corrected chi connectivity index (χ1v) is 11.1. The largest absolute Gasteiger partial charge is 0.417 e. The second kappa shape index (κ2) is 9.00. The summed E-state index contributed by atoms with van der Waals surface area (Å²) in [6.07, 6.45) is -1.47. The Balaban J connectivity index is 1.63. The zero-order valence-electron chi connectivity index (χ0n) is 18.9. The van der Waals surface area contributed by atoms with Gasteiger partial charge in [0, 0.05) is 43.6 Å². The highest BCUT2D eigenvalue weighted by atomic mass is 19.4. The number of anilines is 1. The van der Waals surface area contributed by atoms with E-state index in [0.717, 1.165) is 25.0 Å². The van der Waals surface area contributed by atoms with Gasteiger partial charge < -0.3 is 15.1 Å². The quantitative estimate of drug-likeness (QED) is 0.719. The van der Waals surface area contributed by atoms with E-state index in [-0.39, 0.29) is 43.2 Å². The molecule has 34 heavy (non-hydrogen) atoms. The van der Waals surface area contributed by atoms with Crippen LogP contribution in [0.3, 0.4) is 0 Å². The number of nitrogens with one attached hydrogen (secondary N) is 1. The number of alkyl halides is 3. The van der Waals surface area contributed by atoms with Crippen molar-refractivity contribution in [1.82, 2.24) is 20.0 Å². The van der Waals surface area contributed by atoms with Gasteiger partial charge in [0.2, 0.25) is 5.91 Å². The maximum atomic E-state index is 13.5. The molecule has 2 fully saturated rings. The van der Waals surface area contributed by atoms with Crippen LogP contribution in [0.25, 0.3) is 0 Å². The summed E-state index contributed by atoms with van der Waals surface area (Å²) in [5, 5.41) is 16.2. The molecule has 2 aromatic rings. The molecule has 1 aromatic carbocycles. The number of nitrogens with zero attached hydrogens (tertiary/aromatic N) is 5. The van der Waals surface area contributed by atoms with E-state index in [4.69, 9.17) is 5.26 Å². The number of halogens is 3. The SMILES string of the molecule is CCn1ncc(C(=O)N2CCN(c3ccc(C#N)c(C(F)(F)F)c3)CC2C(=O)NC2CC2)c1C. The van der Waals surface area contributed by atoms with Crippen LogP contribution in [0.5, 0.6) is 0 Å². The summed E-state index contributed by atoms with van der Waals surface area (Å²) in [4.78, 5) is 29.6. The Morgan fingerprint density at radius 2 is 2.00 bits per heavy atom. The van der Waals surface area contributed by atoms with Gasteiger partial charge in [-0.15, -0.1) is 0 Å². The fourth-order valence-electron chi connectivity index (χ4n) is 4.20. The highest BCUT2D eigenvalue weighted by Gasteiger charge is 2.40. The Hall–Kier alpha value is -3.55. The van der Waals surface area contributed by atoms with E-state index in [1.807, 2.05) is 6.92 Å². The zero-order valence-corrected chi connectivity index (χ0v) is 18.9. The fraction of sp³-hybridized carbons (Fsp3) is 0.478. The summed E-state index contributed by atoms with van der Waals surface area (Å²) >= 11 is 0. The Labute approximate surface area is 194 Å². The Kier molecular flexibility index (Phi) is 6.25. The highest BCUT2D eigenvalue weighted by molar-refractivity contribution is 5.98. The second-order valence-corrected chi connectivity index (χ2v) is 8.54. The van der Waals surface area contributed by atoms with Gasteiger partial charge in [-0.3, -0.25) is 14.3 Å². The van der Waals surface area contributed by atoms with E-state index in [1.54, 1.807) is 22.6 Å². The van der Waals surface area contributed by atoms with Crippen LogP contribution in [-0.4, -0.2) is 58.2 Å². The number of carbonyl (C=O) groups excluding carboxylic acids is 2. The van der Waals surface area contributed by atoms with Crippen molar-refractivity contribution in [2.45, 2.75) is 51.5 Å². The van der Waals surface area contributed by atoms with Gasteiger partial charge in [0.25, 0.3) is 5.91 Å². The van der Waals surface area contributed by atoms with Gasteiger partial charge in [0.15, 0.2) is 0 Å². The van der Waals surface area contributed by atoms with E-state index in [2.05, 4.69) is 10.4 Å². The molecule has 1 aromatic heterocycles. The molecule has 2 heterocycles. The number of aromatic nitrogens is 2. The van der Waals surface area contributed by atoms with Crippen molar-refractivity contribution in [2.24, 2.45) is 0 Å². The Morgan fingerprint density at radius 1 is 1.26 bits per heavy atom. The minimum Gasteiger partial charge on any atom is -0.367 e. The maximum absolute atomic E-state index is 13.5. The first-order valence-electron chi connectivity index (χ1n) is 11.1. The minimum atomic E-state index is -4.68. The fourth-order valence-corrected chi connectivity index (χ4v) is 4.20. The van der Waals surface area contributed by atoms with Crippen LogP contribution < -0.4 is 10.2 Å². The smallest absolute Gasteiger partial charge is 0.367 e. The summed E-state index contributed by atoms with van der Waals surface area (Å²) < 4.78 is 42.1. The third-order valence-electron chi connectivity index (χ3n) is 6.29. The van der Waals surface area contributed by atoms with Crippen molar-refractivity contribution in [2.75, 3.05) is 24.5 Å². The summed E-state index contributed by atoms with van der Waals surface area (Å²) in [5.74, 6) is -0.658. The molecule has 1 saturated heterocycles. The average Bonchev–Trinajstić information content (AvgIpc) is 3.56. The van der Waals surface area contributed by atoms with Crippen LogP contribution in [0.4, 0.5) is 18.9 Å². The number of rotatable bonds is 5. The van der Waals surface area contributed by atoms with Crippen LogP contribution in [-0.2, 0) is 17.5 Å². The van der Waals surface area contributed by atoms with Gasteiger partial charge in [0.05, 0.1) is 29.0 Å². The lowest BCUT2D eigenvalue weighted by molar-refractivity contribution is -0.137. The van der Waals surface area contributed by atoms with Crippen molar-refractivity contribution in [3.05, 3.63) is 46.8 Å². The van der Waals surface area contributed by atoms with Crippen molar-refractivity contribution in [1.29, 1.82) is 5.26 Å². The van der Waals surface area contributed by atoms with Crippen molar-refractivity contribution < 1.29 is 22.8 Å². The molecule has 1 N–H and O–H groups in total. The summed E-state index contributed by atoms with van der Waals surface area (Å²) in [5.41, 5.74) is -0.142. The lowest BCUT2D eigenvalue weighted by Crippen LogP contribution is -2.61. The molecule has 1 saturated carbocycles. The Morgan fingerprint density at radius 3 is 2.59 bits per heavy atom. The summed E-state index contributed by atoms with van der Waals surface area (Å²) in [6, 6.07) is 4.27. The lowest BCUT2D eigenvalue weighted by Gasteiger charge is -2.41. The topological polar surface area (TPSA) is 94.3 Å². The minimum absolute atomic E-state index is 0.0362. The summed E-state index contributed by atoms with van der Waals surface area (Å²) in [6.45, 7) is 4.72. The normalized spacial score (nSPS) is 18.5. The molecule has 11 heteroatoms. The molecule has 0 bridgehead atoms. The molecular weight excluding hydrogens is 449 g/mol. The number of amides is 2. The monoisotopic (exact) mass is 474 g/mol. The van der Waals surface area contributed by atoms with Gasteiger partial charge in [0.1, 0.15) is 6.04 Å². The standard InChI is InChI=1S/C23H25F3N6O2/c1-3-32-14(2)18(12-28-32)22(34)31-9-8-30(13-20(31)21(33)29-16-5-6-16)17-7-4-15(11-27)19(10-17)23(24,25)26/h4,7,10,12,16,20H,3,5-6,8-9,13H2,1-2H3,(H,29,33). The molecule has 180 valence electrons. The molecule has 1 unspecified atom stereocenters. The van der Waals surface area contributed by atoms with E-state index < -0.39 is 23.3 Å². The number of nitriles is 1. The van der Waals surface area contributed by atoms with Gasteiger partial charge in [-0.2, -0.15) is 23.5 Å². The molecule has 1 aliphatic carbocycles. The molecule has 8 nitrogen and oxygen atoms in total. The van der Waals surface area contributed by atoms with E-state index in [1.165, 1.54) is 17.2 Å². The lowest BCUT2D eigenvalue weighted by atomic mass is 10.0. The van der Waals surface area contributed by atoms with Crippen molar-refractivity contribution in [3.63, 3.8) is 0 Å². The first-order chi connectivity index (χ1) is 16.1. The number of hydrogen-bond donors (Lipinski definition) is 1. The Bertz CT molecular complexity index is 1150. The van der Waals surface area contributed by atoms with Crippen LogP contribution >= 0.6 is 0 Å². The number of benzene rings is 1. The van der Waals surface area contributed by atoms with Gasteiger partial charge in [-0.1, -0.05) is 0 Å². The maximum Gasteiger partial charge on any atom is 0.417 e. The van der Waals surface area contributed by atoms with Gasteiger partial charge in [-0.05, 0) is 44.9 Å². The number of carbonyl (C=O) groups is 2. The van der Waals surface area contributed by atoms with Crippen LogP contribution in [0, 0.1) is 18.3 Å². The number of aryl methyl sites for hydroxylation is 1. The first kappa shape index (κ1) is 23.6. The molecule has 4 rings (SSSR count). The molecule has 0 spiro atoms. The van der Waals surface area contributed by atoms with Gasteiger partial charge in [-0.25, -0.2) is 0 Å². The highest BCUT2D eigenvalue weighted by Crippen LogP contribution is 2.35. The van der Waals surface area contributed by atoms with Crippen LogP contribution in [0.1, 0.15) is 46.9 Å². The zero-order chi connectivity index (χ0) is 24.6. The molecule has 1 aliphatic heterocycles. The van der Waals surface area contributed by atoms with Crippen LogP contribution in [0.15, 0.2) is 24.4 Å². The van der Waals surface area contributed by atoms with Crippen molar-refractivity contribution >= 4 is 17.5 Å². The molecular formula is C23H25F3N6O2. The molecule has 0 radical (unpaired) electrons. The molecule has 2 amide bonds. The summed E-state index contributed by atoms with van der Waals surface area (Å²) in [7, 11) is 0. The van der Waals surface area contributed by atoms with Crippen molar-refractivity contribution in [3.8, 4) is 6.07 Å². The van der Waals surface area contributed by atoms with Crippen LogP contribution in [0.2, 0.25) is 0 Å². The number of hydrogen-bond acceptors (Lipinski definition) is 5. The van der Waals surface area contributed by atoms with E-state index in [9.17, 15) is 22.8 Å². The second-order valence-electron chi connectivity index (χ2n) is 8.54.